The summed E-state index contributed by atoms with van der Waals surface area (Å²) < 4.78 is 0. The molecule has 23 heavy (non-hydrogen) atoms. The normalized spacial score (nSPS) is 15.8. The third kappa shape index (κ3) is 3.88. The molecular weight excluding hydrogens is 284 g/mol. The van der Waals surface area contributed by atoms with E-state index in [2.05, 4.69) is 30.0 Å². The molecule has 0 saturated carbocycles. The molecule has 0 bridgehead atoms. The van der Waals surface area contributed by atoms with Crippen LogP contribution in [0.3, 0.4) is 0 Å². The van der Waals surface area contributed by atoms with Crippen LogP contribution in [0.1, 0.15) is 31.9 Å². The Morgan fingerprint density at radius 3 is 2.52 bits per heavy atom. The van der Waals surface area contributed by atoms with Crippen molar-refractivity contribution in [2.24, 2.45) is 11.7 Å². The minimum atomic E-state index is 0.664. The van der Waals surface area contributed by atoms with Crippen molar-refractivity contribution < 1.29 is 0 Å². The molecule has 3 rings (SSSR count). The molecule has 1 aliphatic heterocycles. The molecule has 4 heteroatoms. The number of anilines is 1. The van der Waals surface area contributed by atoms with Crippen molar-refractivity contribution in [3.8, 4) is 11.4 Å². The van der Waals surface area contributed by atoms with Gasteiger partial charge in [-0.3, -0.25) is 0 Å². The maximum absolute atomic E-state index is 5.81. The molecule has 1 aromatic carbocycles. The van der Waals surface area contributed by atoms with Gasteiger partial charge in [0.2, 0.25) is 0 Å². The monoisotopic (exact) mass is 310 g/mol. The molecule has 0 unspecified atom stereocenters. The van der Waals surface area contributed by atoms with Crippen LogP contribution in [0.15, 0.2) is 36.4 Å². The van der Waals surface area contributed by atoms with Crippen LogP contribution in [-0.4, -0.2) is 29.6 Å². The van der Waals surface area contributed by atoms with Crippen LogP contribution in [0.5, 0.6) is 0 Å². The van der Waals surface area contributed by atoms with Crippen molar-refractivity contribution in [1.82, 2.24) is 9.97 Å². The molecule has 122 valence electrons. The lowest BCUT2D eigenvalue weighted by Gasteiger charge is -2.32. The average Bonchev–Trinajstić information content (AvgIpc) is 2.62. The van der Waals surface area contributed by atoms with Crippen molar-refractivity contribution in [3.05, 3.63) is 42.1 Å². The fourth-order valence-corrected chi connectivity index (χ4v) is 3.14. The predicted molar refractivity (Wildman–Crippen MR) is 95.5 cm³/mol. The second-order valence-corrected chi connectivity index (χ2v) is 6.32. The van der Waals surface area contributed by atoms with Gasteiger partial charge in [0.1, 0.15) is 5.82 Å². The van der Waals surface area contributed by atoms with E-state index in [0.29, 0.717) is 5.92 Å². The van der Waals surface area contributed by atoms with Crippen molar-refractivity contribution in [2.45, 2.75) is 32.6 Å². The average molecular weight is 310 g/mol. The van der Waals surface area contributed by atoms with Gasteiger partial charge in [-0.2, -0.15) is 0 Å². The fraction of sp³-hybridized carbons (Fsp3) is 0.474. The zero-order chi connectivity index (χ0) is 16.1. The van der Waals surface area contributed by atoms with E-state index in [-0.39, 0.29) is 0 Å². The van der Waals surface area contributed by atoms with Gasteiger partial charge in [-0.15, -0.1) is 0 Å². The van der Waals surface area contributed by atoms with Crippen LogP contribution in [0.25, 0.3) is 11.4 Å². The molecule has 4 nitrogen and oxygen atoms in total. The Kier molecular flexibility index (Phi) is 5.23. The Labute approximate surface area is 138 Å². The number of nitrogens with two attached hydrogens (primary N) is 1. The highest BCUT2D eigenvalue weighted by Gasteiger charge is 2.20. The number of piperidine rings is 1. The molecule has 2 heterocycles. The number of aromatic nitrogens is 2. The van der Waals surface area contributed by atoms with Crippen molar-refractivity contribution in [1.29, 1.82) is 0 Å². The van der Waals surface area contributed by atoms with E-state index in [4.69, 9.17) is 15.7 Å². The van der Waals surface area contributed by atoms with Crippen LogP contribution in [-0.2, 0) is 6.42 Å². The molecule has 0 atom stereocenters. The summed E-state index contributed by atoms with van der Waals surface area (Å²) in [7, 11) is 0. The number of benzene rings is 1. The number of nitrogens with zero attached hydrogens (tertiary/aromatic N) is 3. The molecule has 0 amide bonds. The summed E-state index contributed by atoms with van der Waals surface area (Å²) in [5.41, 5.74) is 8.03. The van der Waals surface area contributed by atoms with Gasteiger partial charge in [-0.25, -0.2) is 9.97 Å². The molecule has 2 N–H and O–H groups in total. The summed E-state index contributed by atoms with van der Waals surface area (Å²) >= 11 is 0. The van der Waals surface area contributed by atoms with Crippen molar-refractivity contribution >= 4 is 5.82 Å². The maximum atomic E-state index is 5.81. The molecule has 0 spiro atoms. The first-order valence-electron chi connectivity index (χ1n) is 8.68. The molecule has 2 aromatic rings. The third-order valence-electron chi connectivity index (χ3n) is 4.58. The van der Waals surface area contributed by atoms with Gasteiger partial charge in [-0.05, 0) is 31.7 Å². The van der Waals surface area contributed by atoms with Gasteiger partial charge >= 0.3 is 0 Å². The third-order valence-corrected chi connectivity index (χ3v) is 4.58. The lowest BCUT2D eigenvalue weighted by atomic mass is 9.97. The quantitative estimate of drug-likeness (QED) is 0.921. The standard InChI is InChI=1S/C19H26N4/c1-2-6-17-13-18(23-11-9-15(14-20)10-12-23)22-19(21-17)16-7-4-3-5-8-16/h3-5,7-8,13,15H,2,6,9-12,14,20H2,1H3. The van der Waals surface area contributed by atoms with E-state index in [1.807, 2.05) is 18.2 Å². The van der Waals surface area contributed by atoms with Gasteiger partial charge in [0.05, 0.1) is 0 Å². The topological polar surface area (TPSA) is 55.0 Å². The van der Waals surface area contributed by atoms with Crippen molar-refractivity contribution in [2.75, 3.05) is 24.5 Å². The second kappa shape index (κ2) is 7.55. The van der Waals surface area contributed by atoms with Gasteiger partial charge in [0.25, 0.3) is 0 Å². The van der Waals surface area contributed by atoms with Gasteiger partial charge in [0, 0.05) is 30.4 Å². The van der Waals surface area contributed by atoms with Gasteiger partial charge < -0.3 is 10.6 Å². The van der Waals surface area contributed by atoms with E-state index in [1.165, 1.54) is 0 Å². The summed E-state index contributed by atoms with van der Waals surface area (Å²) in [6.45, 7) is 5.07. The van der Waals surface area contributed by atoms with Gasteiger partial charge in [-0.1, -0.05) is 43.7 Å². The SMILES string of the molecule is CCCc1cc(N2CCC(CN)CC2)nc(-c2ccccc2)n1. The number of hydrogen-bond acceptors (Lipinski definition) is 4. The largest absolute Gasteiger partial charge is 0.356 e. The van der Waals surface area contributed by atoms with E-state index in [1.54, 1.807) is 0 Å². The number of aryl methyl sites for hydroxylation is 1. The first-order chi connectivity index (χ1) is 11.3. The summed E-state index contributed by atoms with van der Waals surface area (Å²) in [6, 6.07) is 12.4. The molecule has 0 radical (unpaired) electrons. The second-order valence-electron chi connectivity index (χ2n) is 6.32. The first-order valence-corrected chi connectivity index (χ1v) is 8.68. The van der Waals surface area contributed by atoms with Crippen LogP contribution in [0, 0.1) is 5.92 Å². The number of hydrogen-bond donors (Lipinski definition) is 1. The number of rotatable bonds is 5. The minimum Gasteiger partial charge on any atom is -0.356 e. The lowest BCUT2D eigenvalue weighted by molar-refractivity contribution is 0.413. The van der Waals surface area contributed by atoms with Gasteiger partial charge in [0.15, 0.2) is 5.82 Å². The Balaban J connectivity index is 1.89. The summed E-state index contributed by atoms with van der Waals surface area (Å²) in [5, 5.41) is 0. The summed E-state index contributed by atoms with van der Waals surface area (Å²) in [5.74, 6) is 2.57. The Hall–Kier alpha value is -1.94. The van der Waals surface area contributed by atoms with Crippen LogP contribution < -0.4 is 10.6 Å². The first kappa shape index (κ1) is 15.9. The fourth-order valence-electron chi connectivity index (χ4n) is 3.14. The van der Waals surface area contributed by atoms with Crippen LogP contribution in [0.4, 0.5) is 5.82 Å². The van der Waals surface area contributed by atoms with Crippen LogP contribution >= 0.6 is 0 Å². The van der Waals surface area contributed by atoms with E-state index in [0.717, 1.165) is 68.2 Å². The van der Waals surface area contributed by atoms with E-state index < -0.39 is 0 Å². The Bertz CT molecular complexity index is 619. The molecular formula is C19H26N4. The Morgan fingerprint density at radius 1 is 1.13 bits per heavy atom. The molecule has 0 aliphatic carbocycles. The predicted octanol–water partition coefficient (Wildman–Crippen LogP) is 3.27. The smallest absolute Gasteiger partial charge is 0.161 e. The summed E-state index contributed by atoms with van der Waals surface area (Å²) in [6.07, 6.45) is 4.41. The lowest BCUT2D eigenvalue weighted by Crippen LogP contribution is -2.36. The highest BCUT2D eigenvalue weighted by Crippen LogP contribution is 2.25. The van der Waals surface area contributed by atoms with E-state index in [9.17, 15) is 0 Å². The maximum Gasteiger partial charge on any atom is 0.161 e. The highest BCUT2D eigenvalue weighted by atomic mass is 15.2. The zero-order valence-electron chi connectivity index (χ0n) is 13.9. The molecule has 1 aromatic heterocycles. The molecule has 1 saturated heterocycles. The molecule has 1 fully saturated rings. The van der Waals surface area contributed by atoms with E-state index >= 15 is 0 Å². The van der Waals surface area contributed by atoms with Crippen LogP contribution in [0.2, 0.25) is 0 Å². The zero-order valence-corrected chi connectivity index (χ0v) is 13.9. The molecule has 1 aliphatic rings. The van der Waals surface area contributed by atoms with Crippen molar-refractivity contribution in [3.63, 3.8) is 0 Å². The summed E-state index contributed by atoms with van der Waals surface area (Å²) in [4.78, 5) is 12.0. The minimum absolute atomic E-state index is 0.664. The highest BCUT2D eigenvalue weighted by molar-refractivity contribution is 5.58. The Morgan fingerprint density at radius 2 is 1.87 bits per heavy atom.